The van der Waals surface area contributed by atoms with Gasteiger partial charge >= 0.3 is 6.18 Å². The monoisotopic (exact) mass is 333 g/mol. The summed E-state index contributed by atoms with van der Waals surface area (Å²) in [5.74, 6) is 0. The molecule has 1 aromatic carbocycles. The molecule has 0 atom stereocenters. The minimum atomic E-state index is -4.59. The summed E-state index contributed by atoms with van der Waals surface area (Å²) in [5, 5.41) is 10.6. The van der Waals surface area contributed by atoms with Crippen LogP contribution in [0.1, 0.15) is 25.0 Å². The van der Waals surface area contributed by atoms with Crippen molar-refractivity contribution in [1.82, 2.24) is 9.80 Å². The van der Waals surface area contributed by atoms with E-state index in [1.54, 1.807) is 0 Å². The molecule has 1 aliphatic rings. The Hall–Kier alpha value is -1.67. The van der Waals surface area contributed by atoms with Crippen LogP contribution < -0.4 is 0 Å². The fraction of sp³-hybridized carbons (Fsp3) is 0.600. The zero-order valence-electron chi connectivity index (χ0n) is 13.6. The second-order valence-electron chi connectivity index (χ2n) is 5.18. The van der Waals surface area contributed by atoms with Crippen LogP contribution in [0.3, 0.4) is 0 Å². The summed E-state index contributed by atoms with van der Waals surface area (Å²) >= 11 is 0. The number of hydrogen-bond donors (Lipinski definition) is 0. The van der Waals surface area contributed by atoms with E-state index in [-0.39, 0.29) is 12.1 Å². The van der Waals surface area contributed by atoms with E-state index >= 15 is 0 Å². The lowest BCUT2D eigenvalue weighted by Gasteiger charge is -2.32. The molecule has 1 heterocycles. The lowest BCUT2D eigenvalue weighted by molar-refractivity contribution is -0.385. The SMILES string of the molecule is CC.CN1CCN(Cc2ccc([N+](=O)[O-])cc2C(F)(F)F)CC1. The predicted octanol–water partition coefficient (Wildman–Crippen LogP) is 3.39. The minimum absolute atomic E-state index is 0.0812. The van der Waals surface area contributed by atoms with E-state index in [0.29, 0.717) is 19.2 Å². The van der Waals surface area contributed by atoms with Gasteiger partial charge in [0.05, 0.1) is 10.5 Å². The Morgan fingerprint density at radius 1 is 1.17 bits per heavy atom. The van der Waals surface area contributed by atoms with Gasteiger partial charge < -0.3 is 4.90 Å². The van der Waals surface area contributed by atoms with Crippen LogP contribution in [0.5, 0.6) is 0 Å². The highest BCUT2D eigenvalue weighted by Gasteiger charge is 2.35. The zero-order valence-corrected chi connectivity index (χ0v) is 13.6. The van der Waals surface area contributed by atoms with Crippen molar-refractivity contribution in [2.45, 2.75) is 26.6 Å². The minimum Gasteiger partial charge on any atom is -0.304 e. The number of benzene rings is 1. The van der Waals surface area contributed by atoms with Crippen LogP contribution in [0, 0.1) is 10.1 Å². The molecule has 0 spiro atoms. The Bertz CT molecular complexity index is 527. The maximum atomic E-state index is 13.1. The van der Waals surface area contributed by atoms with Crippen molar-refractivity contribution in [2.75, 3.05) is 33.2 Å². The maximum Gasteiger partial charge on any atom is 0.416 e. The molecule has 0 unspecified atom stereocenters. The molecular formula is C15H22F3N3O2. The van der Waals surface area contributed by atoms with E-state index in [1.807, 2.05) is 25.8 Å². The molecule has 1 saturated heterocycles. The van der Waals surface area contributed by atoms with Gasteiger partial charge in [-0.3, -0.25) is 15.0 Å². The smallest absolute Gasteiger partial charge is 0.304 e. The first-order valence-electron chi connectivity index (χ1n) is 7.53. The topological polar surface area (TPSA) is 49.6 Å². The van der Waals surface area contributed by atoms with Gasteiger partial charge in [0.15, 0.2) is 0 Å². The second-order valence-corrected chi connectivity index (χ2v) is 5.18. The third-order valence-corrected chi connectivity index (χ3v) is 3.60. The van der Waals surface area contributed by atoms with Crippen molar-refractivity contribution in [2.24, 2.45) is 0 Å². The molecule has 5 nitrogen and oxygen atoms in total. The zero-order chi connectivity index (χ0) is 17.6. The van der Waals surface area contributed by atoms with E-state index in [4.69, 9.17) is 0 Å². The average molecular weight is 333 g/mol. The highest BCUT2D eigenvalue weighted by atomic mass is 19.4. The predicted molar refractivity (Wildman–Crippen MR) is 82.2 cm³/mol. The van der Waals surface area contributed by atoms with Crippen LogP contribution in [-0.2, 0) is 12.7 Å². The highest BCUT2D eigenvalue weighted by Crippen LogP contribution is 2.35. The van der Waals surface area contributed by atoms with Gasteiger partial charge in [-0.05, 0) is 12.6 Å². The summed E-state index contributed by atoms with van der Waals surface area (Å²) in [4.78, 5) is 13.9. The third-order valence-electron chi connectivity index (χ3n) is 3.60. The Morgan fingerprint density at radius 2 is 1.74 bits per heavy atom. The molecule has 0 N–H and O–H groups in total. The van der Waals surface area contributed by atoms with E-state index < -0.39 is 22.4 Å². The molecule has 0 bridgehead atoms. The number of non-ortho nitro benzene ring substituents is 1. The molecule has 1 fully saturated rings. The van der Waals surface area contributed by atoms with Gasteiger partial charge in [-0.15, -0.1) is 0 Å². The molecule has 1 aromatic rings. The molecule has 0 saturated carbocycles. The Labute approximate surface area is 133 Å². The fourth-order valence-electron chi connectivity index (χ4n) is 2.33. The van der Waals surface area contributed by atoms with Crippen LogP contribution >= 0.6 is 0 Å². The number of nitro benzene ring substituents is 1. The van der Waals surface area contributed by atoms with Crippen LogP contribution in [0.15, 0.2) is 18.2 Å². The molecule has 130 valence electrons. The number of likely N-dealkylation sites (N-methyl/N-ethyl adjacent to an activating group) is 1. The summed E-state index contributed by atoms with van der Waals surface area (Å²) in [5.41, 5.74) is -1.38. The standard InChI is InChI=1S/C13H16F3N3O2.C2H6/c1-17-4-6-18(7-5-17)9-10-2-3-11(19(20)21)8-12(10)13(14,15)16;1-2/h2-3,8H,4-7,9H2,1H3;1-2H3. The van der Waals surface area contributed by atoms with Crippen molar-refractivity contribution >= 4 is 5.69 Å². The number of nitrogens with zero attached hydrogens (tertiary/aromatic N) is 3. The van der Waals surface area contributed by atoms with E-state index in [0.717, 1.165) is 19.2 Å². The Balaban J connectivity index is 0.00000127. The van der Waals surface area contributed by atoms with Gasteiger partial charge in [0.1, 0.15) is 0 Å². The van der Waals surface area contributed by atoms with Gasteiger partial charge in [0.25, 0.3) is 5.69 Å². The van der Waals surface area contributed by atoms with Crippen molar-refractivity contribution in [3.8, 4) is 0 Å². The molecule has 0 radical (unpaired) electrons. The van der Waals surface area contributed by atoms with Crippen molar-refractivity contribution in [1.29, 1.82) is 0 Å². The van der Waals surface area contributed by atoms with Crippen LogP contribution in [-0.4, -0.2) is 47.9 Å². The quantitative estimate of drug-likeness (QED) is 0.628. The first-order chi connectivity index (χ1) is 10.8. The van der Waals surface area contributed by atoms with E-state index in [2.05, 4.69) is 4.90 Å². The first kappa shape index (κ1) is 19.4. The van der Waals surface area contributed by atoms with Crippen LogP contribution in [0.25, 0.3) is 0 Å². The lowest BCUT2D eigenvalue weighted by Crippen LogP contribution is -2.44. The molecular weight excluding hydrogens is 311 g/mol. The van der Waals surface area contributed by atoms with Gasteiger partial charge in [0.2, 0.25) is 0 Å². The third kappa shape index (κ3) is 5.47. The molecule has 1 aliphatic heterocycles. The summed E-state index contributed by atoms with van der Waals surface area (Å²) in [7, 11) is 1.96. The Morgan fingerprint density at radius 3 is 2.22 bits per heavy atom. The highest BCUT2D eigenvalue weighted by molar-refractivity contribution is 5.41. The van der Waals surface area contributed by atoms with Gasteiger partial charge in [-0.25, -0.2) is 0 Å². The molecule has 23 heavy (non-hydrogen) atoms. The summed E-state index contributed by atoms with van der Waals surface area (Å²) in [6.45, 7) is 7.12. The van der Waals surface area contributed by atoms with Crippen molar-refractivity contribution < 1.29 is 18.1 Å². The number of hydrogen-bond acceptors (Lipinski definition) is 4. The average Bonchev–Trinajstić information content (AvgIpc) is 2.50. The van der Waals surface area contributed by atoms with E-state index in [1.165, 1.54) is 6.07 Å². The fourth-order valence-corrected chi connectivity index (χ4v) is 2.33. The number of piperazine rings is 1. The second kappa shape index (κ2) is 8.26. The van der Waals surface area contributed by atoms with Crippen molar-refractivity contribution in [3.63, 3.8) is 0 Å². The molecule has 0 aromatic heterocycles. The summed E-state index contributed by atoms with van der Waals surface area (Å²) in [6, 6.07) is 2.95. The number of alkyl halides is 3. The largest absolute Gasteiger partial charge is 0.416 e. The molecule has 8 heteroatoms. The van der Waals surface area contributed by atoms with Crippen molar-refractivity contribution in [3.05, 3.63) is 39.4 Å². The first-order valence-corrected chi connectivity index (χ1v) is 7.53. The Kier molecular flexibility index (Phi) is 6.96. The molecule has 0 aliphatic carbocycles. The number of nitro groups is 1. The van der Waals surface area contributed by atoms with Crippen LogP contribution in [0.2, 0.25) is 0 Å². The molecule has 0 amide bonds. The van der Waals surface area contributed by atoms with E-state index in [9.17, 15) is 23.3 Å². The molecule has 2 rings (SSSR count). The van der Waals surface area contributed by atoms with Crippen LogP contribution in [0.4, 0.5) is 18.9 Å². The number of rotatable bonds is 3. The maximum absolute atomic E-state index is 13.1. The normalized spacial score (nSPS) is 16.6. The summed E-state index contributed by atoms with van der Waals surface area (Å²) < 4.78 is 39.2. The van der Waals surface area contributed by atoms with Gasteiger partial charge in [0, 0.05) is 44.9 Å². The van der Waals surface area contributed by atoms with Gasteiger partial charge in [-0.1, -0.05) is 19.9 Å². The number of halogens is 3. The summed E-state index contributed by atoms with van der Waals surface area (Å²) in [6.07, 6.45) is -4.59. The van der Waals surface area contributed by atoms with Gasteiger partial charge in [-0.2, -0.15) is 13.2 Å². The lowest BCUT2D eigenvalue weighted by atomic mass is 10.0.